The van der Waals surface area contributed by atoms with Crippen LogP contribution in [0.2, 0.25) is 0 Å². The zero-order valence-corrected chi connectivity index (χ0v) is 17.3. The van der Waals surface area contributed by atoms with Crippen LogP contribution < -0.4 is 22.5 Å². The average Bonchev–Trinajstić information content (AvgIpc) is 3.25. The Labute approximate surface area is 180 Å². The molecule has 176 valence electrons. The molecule has 0 saturated carbocycles. The highest BCUT2D eigenvalue weighted by Gasteiger charge is 2.20. The zero-order valence-electron chi connectivity index (χ0n) is 17.3. The summed E-state index contributed by atoms with van der Waals surface area (Å²) < 4.78 is 0. The van der Waals surface area contributed by atoms with Crippen molar-refractivity contribution in [2.45, 2.75) is 44.3 Å². The summed E-state index contributed by atoms with van der Waals surface area (Å²) in [6.45, 7) is 2.00. The molecule has 1 aromatic carbocycles. The third kappa shape index (κ3) is 18.7. The third-order valence-electron chi connectivity index (χ3n) is 3.54. The summed E-state index contributed by atoms with van der Waals surface area (Å²) in [7, 11) is 0. The third-order valence-corrected chi connectivity index (χ3v) is 3.54. The van der Waals surface area contributed by atoms with E-state index in [4.69, 9.17) is 31.9 Å². The van der Waals surface area contributed by atoms with E-state index in [1.807, 2.05) is 30.3 Å². The Kier molecular flexibility index (Phi) is 17.3. The fourth-order valence-corrected chi connectivity index (χ4v) is 1.85. The lowest BCUT2D eigenvalue weighted by Crippen LogP contribution is -2.32. The molecule has 0 amide bonds. The van der Waals surface area contributed by atoms with Gasteiger partial charge >= 0.3 is 23.9 Å². The van der Waals surface area contributed by atoms with Crippen LogP contribution in [-0.2, 0) is 25.6 Å². The number of carboxylic acid groups (broad SMARTS) is 4. The molecule has 12 nitrogen and oxygen atoms in total. The molecule has 0 radical (unpaired) electrons. The van der Waals surface area contributed by atoms with Crippen LogP contribution in [0.15, 0.2) is 30.3 Å². The number of hydrogen-bond donors (Lipinski definition) is 8. The summed E-state index contributed by atoms with van der Waals surface area (Å²) in [6, 6.07) is 7.54. The van der Waals surface area contributed by atoms with Gasteiger partial charge in [-0.3, -0.25) is 19.2 Å². The van der Waals surface area contributed by atoms with Gasteiger partial charge < -0.3 is 42.9 Å². The van der Waals surface area contributed by atoms with Crippen LogP contribution in [0.5, 0.6) is 0 Å². The van der Waals surface area contributed by atoms with Gasteiger partial charge in [0.15, 0.2) is 0 Å². The van der Waals surface area contributed by atoms with E-state index in [1.165, 1.54) is 6.92 Å². The van der Waals surface area contributed by atoms with E-state index in [2.05, 4.69) is 11.1 Å². The zero-order chi connectivity index (χ0) is 24.4. The maximum atomic E-state index is 10.4. The maximum absolute atomic E-state index is 10.4. The standard InChI is InChI=1S/C9H11NO2.C5H9NO2.C3H7NO2.C2H5NO2/c10-8(9(11)12)6-7-4-2-1-3-5-7;7-5(8)4-2-1-3-6-4;1-2(4)3(5)6;3-1-2(4)5/h1-5,8H,6,10H2,(H,11,12);4,6H,1-3H2,(H,7,8);2H,4H2,1H3,(H,5,6);1,3H2,(H,4,5)/t;4-;;/m.0../s1. The molecule has 2 rings (SSSR count). The van der Waals surface area contributed by atoms with Crippen LogP contribution in [0.3, 0.4) is 0 Å². The number of aliphatic carboxylic acids is 4. The molecular weight excluding hydrogens is 412 g/mol. The highest BCUT2D eigenvalue weighted by molar-refractivity contribution is 5.74. The molecule has 11 N–H and O–H groups in total. The first kappa shape index (κ1) is 30.1. The topological polar surface area (TPSA) is 239 Å². The van der Waals surface area contributed by atoms with Gasteiger partial charge in [-0.1, -0.05) is 30.3 Å². The molecule has 0 spiro atoms. The number of benzene rings is 1. The Balaban J connectivity index is 0. The summed E-state index contributed by atoms with van der Waals surface area (Å²) in [5.74, 6) is -3.61. The van der Waals surface area contributed by atoms with Gasteiger partial charge in [0, 0.05) is 0 Å². The van der Waals surface area contributed by atoms with E-state index in [9.17, 15) is 19.2 Å². The highest BCUT2D eigenvalue weighted by Crippen LogP contribution is 2.03. The minimum atomic E-state index is -0.968. The number of carbonyl (C=O) groups is 4. The SMILES string of the molecule is CC(N)C(=O)O.NC(Cc1ccccc1)C(=O)O.NCC(=O)O.O=C(O)[C@@H]1CCCN1. The molecule has 1 aliphatic rings. The van der Waals surface area contributed by atoms with Crippen LogP contribution in [0.25, 0.3) is 0 Å². The average molecular weight is 444 g/mol. The fourth-order valence-electron chi connectivity index (χ4n) is 1.85. The second-order valence-corrected chi connectivity index (χ2v) is 6.35. The summed E-state index contributed by atoms with van der Waals surface area (Å²) in [6.07, 6.45) is 2.17. The lowest BCUT2D eigenvalue weighted by molar-refractivity contribution is -0.139. The molecule has 1 aromatic rings. The van der Waals surface area contributed by atoms with Crippen LogP contribution in [-0.4, -0.2) is 75.5 Å². The number of nitrogens with two attached hydrogens (primary N) is 3. The van der Waals surface area contributed by atoms with E-state index < -0.39 is 36.0 Å². The number of rotatable bonds is 6. The Morgan fingerprint density at radius 2 is 1.52 bits per heavy atom. The van der Waals surface area contributed by atoms with Gasteiger partial charge in [0.1, 0.15) is 18.1 Å². The van der Waals surface area contributed by atoms with Crippen LogP contribution in [0.4, 0.5) is 0 Å². The quantitative estimate of drug-likeness (QED) is 0.261. The predicted molar refractivity (Wildman–Crippen MR) is 112 cm³/mol. The molecule has 0 aliphatic carbocycles. The molecule has 1 saturated heterocycles. The van der Waals surface area contributed by atoms with Crippen molar-refractivity contribution in [3.63, 3.8) is 0 Å². The molecule has 1 fully saturated rings. The molecule has 12 heteroatoms. The minimum Gasteiger partial charge on any atom is -0.480 e. The van der Waals surface area contributed by atoms with Crippen LogP contribution in [0.1, 0.15) is 25.3 Å². The molecule has 0 bridgehead atoms. The first-order valence-corrected chi connectivity index (χ1v) is 9.31. The van der Waals surface area contributed by atoms with Gasteiger partial charge in [0.25, 0.3) is 0 Å². The lowest BCUT2D eigenvalue weighted by atomic mass is 10.1. The first-order valence-electron chi connectivity index (χ1n) is 9.31. The summed E-state index contributed by atoms with van der Waals surface area (Å²) >= 11 is 0. The van der Waals surface area contributed by atoms with Gasteiger partial charge in [0.2, 0.25) is 0 Å². The maximum Gasteiger partial charge on any atom is 0.320 e. The Hall–Kier alpha value is -3.06. The second kappa shape index (κ2) is 17.8. The smallest absolute Gasteiger partial charge is 0.320 e. The molecule has 3 atom stereocenters. The van der Waals surface area contributed by atoms with E-state index in [0.717, 1.165) is 24.9 Å². The minimum absolute atomic E-state index is 0.269. The van der Waals surface area contributed by atoms with E-state index >= 15 is 0 Å². The molecule has 1 aliphatic heterocycles. The molecule has 2 unspecified atom stereocenters. The predicted octanol–water partition coefficient (Wildman–Crippen LogP) is -1.09. The summed E-state index contributed by atoms with van der Waals surface area (Å²) in [5.41, 5.74) is 15.7. The Morgan fingerprint density at radius 1 is 1.03 bits per heavy atom. The second-order valence-electron chi connectivity index (χ2n) is 6.35. The monoisotopic (exact) mass is 444 g/mol. The largest absolute Gasteiger partial charge is 0.480 e. The van der Waals surface area contributed by atoms with Crippen molar-refractivity contribution in [3.05, 3.63) is 35.9 Å². The van der Waals surface area contributed by atoms with Crippen molar-refractivity contribution in [1.82, 2.24) is 5.32 Å². The van der Waals surface area contributed by atoms with Crippen molar-refractivity contribution in [1.29, 1.82) is 0 Å². The van der Waals surface area contributed by atoms with Gasteiger partial charge in [0.05, 0.1) is 6.54 Å². The Bertz CT molecular complexity index is 664. The fraction of sp³-hybridized carbons (Fsp3) is 0.474. The van der Waals surface area contributed by atoms with Crippen molar-refractivity contribution in [2.75, 3.05) is 13.1 Å². The van der Waals surface area contributed by atoms with Gasteiger partial charge in [-0.05, 0) is 38.3 Å². The Morgan fingerprint density at radius 3 is 1.77 bits per heavy atom. The van der Waals surface area contributed by atoms with Crippen molar-refractivity contribution in [2.24, 2.45) is 17.2 Å². The van der Waals surface area contributed by atoms with Crippen LogP contribution >= 0.6 is 0 Å². The number of nitrogens with one attached hydrogen (secondary N) is 1. The molecular formula is C19H32N4O8. The number of hydrogen-bond acceptors (Lipinski definition) is 8. The summed E-state index contributed by atoms with van der Waals surface area (Å²) in [4.78, 5) is 39.3. The lowest BCUT2D eigenvalue weighted by Gasteiger charge is -2.04. The van der Waals surface area contributed by atoms with Gasteiger partial charge in [-0.25, -0.2) is 0 Å². The van der Waals surface area contributed by atoms with Crippen molar-refractivity contribution < 1.29 is 39.6 Å². The summed E-state index contributed by atoms with van der Waals surface area (Å²) in [5, 5.41) is 35.2. The van der Waals surface area contributed by atoms with E-state index in [0.29, 0.717) is 6.42 Å². The highest BCUT2D eigenvalue weighted by atomic mass is 16.4. The first-order chi connectivity index (χ1) is 14.4. The van der Waals surface area contributed by atoms with Crippen LogP contribution in [0, 0.1) is 0 Å². The van der Waals surface area contributed by atoms with Gasteiger partial charge in [-0.15, -0.1) is 0 Å². The van der Waals surface area contributed by atoms with Crippen molar-refractivity contribution >= 4 is 23.9 Å². The molecule has 0 aromatic heterocycles. The molecule has 31 heavy (non-hydrogen) atoms. The normalized spacial score (nSPS) is 15.9. The molecule has 1 heterocycles. The van der Waals surface area contributed by atoms with E-state index in [1.54, 1.807) is 0 Å². The van der Waals surface area contributed by atoms with Crippen molar-refractivity contribution in [3.8, 4) is 0 Å². The van der Waals surface area contributed by atoms with Gasteiger partial charge in [-0.2, -0.15) is 0 Å². The van der Waals surface area contributed by atoms with E-state index in [-0.39, 0.29) is 12.6 Å². The number of carboxylic acids is 4.